The normalized spacial score (nSPS) is 11.8. The quantitative estimate of drug-likeness (QED) is 0.477. The van der Waals surface area contributed by atoms with Crippen molar-refractivity contribution in [3.63, 3.8) is 0 Å². The van der Waals surface area contributed by atoms with E-state index in [0.717, 1.165) is 16.9 Å². The van der Waals surface area contributed by atoms with Crippen molar-refractivity contribution in [3.05, 3.63) is 59.2 Å². The van der Waals surface area contributed by atoms with Crippen LogP contribution in [0.15, 0.2) is 47.4 Å². The second kappa shape index (κ2) is 10.9. The number of methoxy groups -OCH3 is 1. The minimum Gasteiger partial charge on any atom is -0.496 e. The number of rotatable bonds is 9. The molecular formula is C23H29NO4S. The van der Waals surface area contributed by atoms with E-state index >= 15 is 0 Å². The molecule has 29 heavy (non-hydrogen) atoms. The molecule has 2 aromatic carbocycles. The smallest absolute Gasteiger partial charge is 0.342 e. The lowest BCUT2D eigenvalue weighted by Gasteiger charge is -2.15. The van der Waals surface area contributed by atoms with Gasteiger partial charge in [0.1, 0.15) is 11.3 Å². The summed E-state index contributed by atoms with van der Waals surface area (Å²) in [4.78, 5) is 25.5. The van der Waals surface area contributed by atoms with E-state index in [1.54, 1.807) is 23.9 Å². The number of carbonyl (C=O) groups excluding carboxylic acids is 2. The lowest BCUT2D eigenvalue weighted by atomic mass is 10.00. The average Bonchev–Trinajstić information content (AvgIpc) is 2.71. The zero-order valence-electron chi connectivity index (χ0n) is 17.7. The summed E-state index contributed by atoms with van der Waals surface area (Å²) >= 11 is 1.55. The van der Waals surface area contributed by atoms with Gasteiger partial charge in [-0.1, -0.05) is 38.1 Å². The van der Waals surface area contributed by atoms with Gasteiger partial charge in [-0.3, -0.25) is 4.79 Å². The molecule has 156 valence electrons. The first kappa shape index (κ1) is 22.8. The third-order valence-electron chi connectivity index (χ3n) is 4.46. The predicted molar refractivity (Wildman–Crippen MR) is 117 cm³/mol. The molecule has 0 radical (unpaired) electrons. The highest BCUT2D eigenvalue weighted by Crippen LogP contribution is 2.26. The number of amides is 1. The maximum atomic E-state index is 12.3. The molecule has 1 N–H and O–H groups in total. The lowest BCUT2D eigenvalue weighted by Crippen LogP contribution is -2.31. The summed E-state index contributed by atoms with van der Waals surface area (Å²) in [5.74, 6) is 0.0903. The van der Waals surface area contributed by atoms with Crippen LogP contribution in [0.3, 0.4) is 0 Å². The van der Waals surface area contributed by atoms with Crippen molar-refractivity contribution in [2.75, 3.05) is 20.0 Å². The Kier molecular flexibility index (Phi) is 8.58. The standard InChI is InChI=1S/C23H29NO4S/c1-15(2)12-17-6-8-18(9-7-17)16(3)24-22(25)14-28-23(26)20-11-10-19(29-5)13-21(20)27-4/h6-11,13,15-16H,12,14H2,1-5H3,(H,24,25)/t16-/m1/s1. The average molecular weight is 416 g/mol. The van der Waals surface area contributed by atoms with Gasteiger partial charge in [-0.15, -0.1) is 11.8 Å². The first-order valence-electron chi connectivity index (χ1n) is 9.61. The molecule has 1 atom stereocenters. The Bertz CT molecular complexity index is 833. The Morgan fingerprint density at radius 1 is 1.07 bits per heavy atom. The van der Waals surface area contributed by atoms with E-state index < -0.39 is 5.97 Å². The Morgan fingerprint density at radius 3 is 2.34 bits per heavy atom. The fraction of sp³-hybridized carbons (Fsp3) is 0.391. The topological polar surface area (TPSA) is 64.6 Å². The van der Waals surface area contributed by atoms with E-state index in [1.807, 2.05) is 31.4 Å². The number of hydrogen-bond donors (Lipinski definition) is 1. The van der Waals surface area contributed by atoms with E-state index in [2.05, 4.69) is 31.3 Å². The molecule has 0 saturated heterocycles. The molecule has 1 amide bonds. The molecule has 0 heterocycles. The summed E-state index contributed by atoms with van der Waals surface area (Å²) in [7, 11) is 1.50. The van der Waals surface area contributed by atoms with Gasteiger partial charge < -0.3 is 14.8 Å². The van der Waals surface area contributed by atoms with Gasteiger partial charge in [0.05, 0.1) is 13.2 Å². The predicted octanol–water partition coefficient (Wildman–Crippen LogP) is 4.65. The molecule has 2 rings (SSSR count). The molecule has 0 fully saturated rings. The van der Waals surface area contributed by atoms with Gasteiger partial charge in [-0.05, 0) is 54.8 Å². The summed E-state index contributed by atoms with van der Waals surface area (Å²) in [6, 6.07) is 13.3. The molecule has 0 aliphatic heterocycles. The van der Waals surface area contributed by atoms with E-state index in [-0.39, 0.29) is 18.6 Å². The monoisotopic (exact) mass is 415 g/mol. The number of esters is 1. The van der Waals surface area contributed by atoms with Gasteiger partial charge >= 0.3 is 5.97 Å². The van der Waals surface area contributed by atoms with E-state index in [4.69, 9.17) is 9.47 Å². The lowest BCUT2D eigenvalue weighted by molar-refractivity contribution is -0.124. The summed E-state index contributed by atoms with van der Waals surface area (Å²) in [5.41, 5.74) is 2.58. The minimum absolute atomic E-state index is 0.176. The number of ether oxygens (including phenoxy) is 2. The number of nitrogens with one attached hydrogen (secondary N) is 1. The second-order valence-electron chi connectivity index (χ2n) is 7.27. The van der Waals surface area contributed by atoms with E-state index in [1.165, 1.54) is 12.7 Å². The molecular weight excluding hydrogens is 386 g/mol. The Balaban J connectivity index is 1.90. The van der Waals surface area contributed by atoms with Crippen LogP contribution in [0.25, 0.3) is 0 Å². The van der Waals surface area contributed by atoms with Gasteiger partial charge in [-0.2, -0.15) is 0 Å². The Labute approximate surface area is 177 Å². The first-order valence-corrected chi connectivity index (χ1v) is 10.8. The highest BCUT2D eigenvalue weighted by Gasteiger charge is 2.17. The van der Waals surface area contributed by atoms with Crippen molar-refractivity contribution < 1.29 is 19.1 Å². The van der Waals surface area contributed by atoms with Crippen molar-refractivity contribution in [1.29, 1.82) is 0 Å². The maximum absolute atomic E-state index is 12.3. The molecule has 0 bridgehead atoms. The number of carbonyl (C=O) groups is 2. The van der Waals surface area contributed by atoms with Crippen LogP contribution < -0.4 is 10.1 Å². The summed E-state index contributed by atoms with van der Waals surface area (Å²) in [5, 5.41) is 2.86. The van der Waals surface area contributed by atoms with Crippen molar-refractivity contribution in [3.8, 4) is 5.75 Å². The van der Waals surface area contributed by atoms with Crippen LogP contribution >= 0.6 is 11.8 Å². The van der Waals surface area contributed by atoms with Crippen LogP contribution in [0.2, 0.25) is 0 Å². The van der Waals surface area contributed by atoms with E-state index in [9.17, 15) is 9.59 Å². The molecule has 2 aromatic rings. The van der Waals surface area contributed by atoms with Crippen molar-refractivity contribution in [2.24, 2.45) is 5.92 Å². The van der Waals surface area contributed by atoms with Gasteiger partial charge in [0.2, 0.25) is 0 Å². The van der Waals surface area contributed by atoms with Gasteiger partial charge in [0, 0.05) is 4.90 Å². The molecule has 5 nitrogen and oxygen atoms in total. The molecule has 0 aliphatic carbocycles. The molecule has 0 aliphatic rings. The number of thioether (sulfide) groups is 1. The SMILES string of the molecule is COc1cc(SC)ccc1C(=O)OCC(=O)N[C@H](C)c1ccc(CC(C)C)cc1. The van der Waals surface area contributed by atoms with Gasteiger partial charge in [0.15, 0.2) is 6.61 Å². The Morgan fingerprint density at radius 2 is 1.76 bits per heavy atom. The third kappa shape index (κ3) is 6.82. The largest absolute Gasteiger partial charge is 0.496 e. The van der Waals surface area contributed by atoms with Gasteiger partial charge in [-0.25, -0.2) is 4.79 Å². The number of benzene rings is 2. The highest BCUT2D eigenvalue weighted by atomic mass is 32.2. The zero-order valence-corrected chi connectivity index (χ0v) is 18.5. The van der Waals surface area contributed by atoms with Crippen molar-refractivity contribution in [1.82, 2.24) is 5.32 Å². The molecule has 0 unspecified atom stereocenters. The molecule has 0 spiro atoms. The summed E-state index contributed by atoms with van der Waals surface area (Å²) in [6.07, 6.45) is 2.97. The van der Waals surface area contributed by atoms with Crippen LogP contribution in [-0.2, 0) is 16.0 Å². The van der Waals surface area contributed by atoms with Crippen LogP contribution in [-0.4, -0.2) is 31.8 Å². The highest BCUT2D eigenvalue weighted by molar-refractivity contribution is 7.98. The molecule has 0 aromatic heterocycles. The Hall–Kier alpha value is -2.47. The molecule has 6 heteroatoms. The fourth-order valence-electron chi connectivity index (χ4n) is 2.96. The van der Waals surface area contributed by atoms with Gasteiger partial charge in [0.25, 0.3) is 5.91 Å². The molecule has 0 saturated carbocycles. The van der Waals surface area contributed by atoms with E-state index in [0.29, 0.717) is 17.2 Å². The summed E-state index contributed by atoms with van der Waals surface area (Å²) in [6.45, 7) is 5.93. The minimum atomic E-state index is -0.588. The third-order valence-corrected chi connectivity index (χ3v) is 5.19. The maximum Gasteiger partial charge on any atom is 0.342 e. The van der Waals surface area contributed by atoms with Crippen LogP contribution in [0.5, 0.6) is 5.75 Å². The fourth-order valence-corrected chi connectivity index (χ4v) is 3.39. The number of hydrogen-bond acceptors (Lipinski definition) is 5. The summed E-state index contributed by atoms with van der Waals surface area (Å²) < 4.78 is 10.4. The second-order valence-corrected chi connectivity index (χ2v) is 8.15. The zero-order chi connectivity index (χ0) is 21.4. The van der Waals surface area contributed by atoms with Crippen LogP contribution in [0, 0.1) is 5.92 Å². The van der Waals surface area contributed by atoms with Crippen LogP contribution in [0.4, 0.5) is 0 Å². The van der Waals surface area contributed by atoms with Crippen LogP contribution in [0.1, 0.15) is 48.3 Å². The van der Waals surface area contributed by atoms with Crippen molar-refractivity contribution in [2.45, 2.75) is 38.1 Å². The first-order chi connectivity index (χ1) is 13.8. The van der Waals surface area contributed by atoms with Crippen molar-refractivity contribution >= 4 is 23.6 Å².